The molecule has 0 fully saturated rings. The summed E-state index contributed by atoms with van der Waals surface area (Å²) in [4.78, 5) is 18.9. The Morgan fingerprint density at radius 2 is 2.10 bits per heavy atom. The van der Waals surface area contributed by atoms with Crippen molar-refractivity contribution in [3.05, 3.63) is 50.4 Å². The van der Waals surface area contributed by atoms with E-state index in [9.17, 15) is 10.1 Å². The van der Waals surface area contributed by atoms with Crippen molar-refractivity contribution in [1.82, 2.24) is 9.97 Å². The maximum absolute atomic E-state index is 11.0. The van der Waals surface area contributed by atoms with E-state index in [1.807, 2.05) is 6.92 Å². The fourth-order valence-electron chi connectivity index (χ4n) is 1.62. The Morgan fingerprint density at radius 3 is 2.75 bits per heavy atom. The van der Waals surface area contributed by atoms with Gasteiger partial charge in [-0.2, -0.15) is 4.98 Å². The van der Waals surface area contributed by atoms with Crippen molar-refractivity contribution < 1.29 is 9.66 Å². The van der Waals surface area contributed by atoms with Gasteiger partial charge in [0.25, 0.3) is 0 Å². The van der Waals surface area contributed by atoms with Crippen LogP contribution >= 0.6 is 15.9 Å². The topological polar surface area (TPSA) is 78.2 Å². The van der Waals surface area contributed by atoms with Crippen LogP contribution in [-0.4, -0.2) is 14.9 Å². The van der Waals surface area contributed by atoms with E-state index in [1.165, 1.54) is 6.07 Å². The summed E-state index contributed by atoms with van der Waals surface area (Å²) < 4.78 is 6.10. The lowest BCUT2D eigenvalue weighted by atomic mass is 10.2. The lowest BCUT2D eigenvalue weighted by Gasteiger charge is -2.07. The van der Waals surface area contributed by atoms with E-state index in [-0.39, 0.29) is 17.3 Å². The molecule has 20 heavy (non-hydrogen) atoms. The minimum Gasteiger partial charge on any atom is -0.432 e. The molecule has 2 aromatic rings. The van der Waals surface area contributed by atoms with Gasteiger partial charge in [0.1, 0.15) is 10.4 Å². The van der Waals surface area contributed by atoms with Gasteiger partial charge in [-0.05, 0) is 34.5 Å². The van der Waals surface area contributed by atoms with Gasteiger partial charge in [0.05, 0.1) is 4.92 Å². The molecule has 0 unspecified atom stereocenters. The number of nitro groups is 1. The van der Waals surface area contributed by atoms with Gasteiger partial charge in [-0.15, -0.1) is 0 Å². The van der Waals surface area contributed by atoms with Crippen LogP contribution in [0.2, 0.25) is 0 Å². The lowest BCUT2D eigenvalue weighted by molar-refractivity contribution is -0.385. The van der Waals surface area contributed by atoms with Crippen LogP contribution < -0.4 is 4.74 Å². The van der Waals surface area contributed by atoms with Gasteiger partial charge in [0.2, 0.25) is 11.6 Å². The predicted octanol–water partition coefficient (Wildman–Crippen LogP) is 3.81. The summed E-state index contributed by atoms with van der Waals surface area (Å²) in [5.41, 5.74) is 0.708. The molecular weight excluding hydrogens is 326 g/mol. The van der Waals surface area contributed by atoms with Crippen molar-refractivity contribution >= 4 is 21.6 Å². The Kier molecular flexibility index (Phi) is 4.29. The van der Waals surface area contributed by atoms with Crippen molar-refractivity contribution in [3.63, 3.8) is 0 Å². The van der Waals surface area contributed by atoms with Crippen molar-refractivity contribution in [2.45, 2.75) is 20.3 Å². The summed E-state index contributed by atoms with van der Waals surface area (Å²) >= 11 is 3.26. The largest absolute Gasteiger partial charge is 0.432 e. The Hall–Kier alpha value is -2.02. The Morgan fingerprint density at radius 1 is 1.35 bits per heavy atom. The molecule has 0 atom stereocenters. The van der Waals surface area contributed by atoms with Crippen LogP contribution in [0.4, 0.5) is 5.69 Å². The van der Waals surface area contributed by atoms with Gasteiger partial charge < -0.3 is 4.74 Å². The molecule has 7 heteroatoms. The van der Waals surface area contributed by atoms with E-state index < -0.39 is 4.92 Å². The number of ether oxygens (including phenoxy) is 1. The maximum atomic E-state index is 11.0. The summed E-state index contributed by atoms with van der Waals surface area (Å²) in [6, 6.07) is 6.35. The molecule has 0 aliphatic carbocycles. The number of aryl methyl sites for hydroxylation is 2. The van der Waals surface area contributed by atoms with Crippen molar-refractivity contribution in [1.29, 1.82) is 0 Å². The molecule has 0 spiro atoms. The standard InChI is InChI=1S/C13H12BrN3O3/c1-3-12-15-11(14)7-13(16-12)20-10-5-4-8(2)6-9(10)17(18)19/h4-7H,3H2,1-2H3. The summed E-state index contributed by atoms with van der Waals surface area (Å²) in [5, 5.41) is 11.0. The third-order valence-electron chi connectivity index (χ3n) is 2.56. The zero-order chi connectivity index (χ0) is 14.7. The van der Waals surface area contributed by atoms with Crippen LogP contribution in [0.15, 0.2) is 28.9 Å². The maximum Gasteiger partial charge on any atom is 0.311 e. The summed E-state index contributed by atoms with van der Waals surface area (Å²) in [5.74, 6) is 1.04. The Bertz CT molecular complexity index is 661. The highest BCUT2D eigenvalue weighted by Gasteiger charge is 2.17. The quantitative estimate of drug-likeness (QED) is 0.481. The number of benzene rings is 1. The van der Waals surface area contributed by atoms with Crippen LogP contribution in [0.5, 0.6) is 11.6 Å². The number of hydrogen-bond donors (Lipinski definition) is 0. The highest BCUT2D eigenvalue weighted by atomic mass is 79.9. The van der Waals surface area contributed by atoms with Gasteiger partial charge in [-0.1, -0.05) is 13.0 Å². The molecule has 0 bridgehead atoms. The van der Waals surface area contributed by atoms with Crippen molar-refractivity contribution in [3.8, 4) is 11.6 Å². The van der Waals surface area contributed by atoms with E-state index in [2.05, 4.69) is 25.9 Å². The molecule has 0 radical (unpaired) electrons. The molecule has 104 valence electrons. The first-order chi connectivity index (χ1) is 9.49. The predicted molar refractivity (Wildman–Crippen MR) is 77.0 cm³/mol. The first-order valence-electron chi connectivity index (χ1n) is 5.96. The second-order valence-corrected chi connectivity index (χ2v) is 4.94. The SMILES string of the molecule is CCc1nc(Br)cc(Oc2ccc(C)cc2[N+](=O)[O-])n1. The second kappa shape index (κ2) is 5.96. The molecule has 6 nitrogen and oxygen atoms in total. The number of halogens is 1. The highest BCUT2D eigenvalue weighted by Crippen LogP contribution is 2.31. The number of aromatic nitrogens is 2. The lowest BCUT2D eigenvalue weighted by Crippen LogP contribution is -1.99. The van der Waals surface area contributed by atoms with Crippen LogP contribution in [0.3, 0.4) is 0 Å². The number of nitrogens with zero attached hydrogens (tertiary/aromatic N) is 3. The molecule has 1 heterocycles. The third-order valence-corrected chi connectivity index (χ3v) is 2.97. The zero-order valence-electron chi connectivity index (χ0n) is 11.0. The molecule has 1 aromatic heterocycles. The van der Waals surface area contributed by atoms with Gasteiger partial charge in [0, 0.05) is 18.6 Å². The number of nitro benzene ring substituents is 1. The zero-order valence-corrected chi connectivity index (χ0v) is 12.5. The second-order valence-electron chi connectivity index (χ2n) is 4.13. The first-order valence-corrected chi connectivity index (χ1v) is 6.75. The van der Waals surface area contributed by atoms with E-state index in [0.717, 1.165) is 5.56 Å². The fourth-order valence-corrected chi connectivity index (χ4v) is 2.02. The van der Waals surface area contributed by atoms with Gasteiger partial charge in [-0.3, -0.25) is 10.1 Å². The van der Waals surface area contributed by atoms with Gasteiger partial charge >= 0.3 is 5.69 Å². The molecule has 0 amide bonds. The van der Waals surface area contributed by atoms with Crippen LogP contribution in [0, 0.1) is 17.0 Å². The average molecular weight is 338 g/mol. The molecule has 2 rings (SSSR count). The van der Waals surface area contributed by atoms with E-state index >= 15 is 0 Å². The number of rotatable bonds is 4. The molecule has 0 aliphatic rings. The molecular formula is C13H12BrN3O3. The van der Waals surface area contributed by atoms with Crippen LogP contribution in [-0.2, 0) is 6.42 Å². The van der Waals surface area contributed by atoms with Crippen molar-refractivity contribution in [2.75, 3.05) is 0 Å². The van der Waals surface area contributed by atoms with Crippen LogP contribution in [0.1, 0.15) is 18.3 Å². The van der Waals surface area contributed by atoms with Gasteiger partial charge in [0.15, 0.2) is 0 Å². The van der Waals surface area contributed by atoms with E-state index in [0.29, 0.717) is 16.8 Å². The highest BCUT2D eigenvalue weighted by molar-refractivity contribution is 9.10. The van der Waals surface area contributed by atoms with E-state index in [4.69, 9.17) is 4.74 Å². The molecule has 1 aromatic carbocycles. The van der Waals surface area contributed by atoms with E-state index in [1.54, 1.807) is 25.1 Å². The minimum absolute atomic E-state index is 0.0854. The fraction of sp³-hybridized carbons (Fsp3) is 0.231. The summed E-state index contributed by atoms with van der Waals surface area (Å²) in [7, 11) is 0. The van der Waals surface area contributed by atoms with Crippen molar-refractivity contribution in [2.24, 2.45) is 0 Å². The summed E-state index contributed by atoms with van der Waals surface area (Å²) in [6.45, 7) is 3.70. The Balaban J connectivity index is 2.39. The third kappa shape index (κ3) is 3.30. The van der Waals surface area contributed by atoms with Crippen LogP contribution in [0.25, 0.3) is 0 Å². The average Bonchev–Trinajstić information content (AvgIpc) is 2.40. The normalized spacial score (nSPS) is 10.3. The minimum atomic E-state index is -0.473. The monoisotopic (exact) mass is 337 g/mol. The molecule has 0 N–H and O–H groups in total. The van der Waals surface area contributed by atoms with Gasteiger partial charge in [-0.25, -0.2) is 4.98 Å². The first kappa shape index (κ1) is 14.4. The molecule has 0 aliphatic heterocycles. The summed E-state index contributed by atoms with van der Waals surface area (Å²) in [6.07, 6.45) is 0.645. The molecule has 0 saturated carbocycles. The smallest absolute Gasteiger partial charge is 0.311 e. The number of hydrogen-bond acceptors (Lipinski definition) is 5. The molecule has 0 saturated heterocycles. The Labute approximate surface area is 124 Å².